The Kier molecular flexibility index (Phi) is 2.94. The second kappa shape index (κ2) is 4.89. The number of hydrogen-bond acceptors (Lipinski definition) is 4. The maximum absolute atomic E-state index is 10.8. The summed E-state index contributed by atoms with van der Waals surface area (Å²) in [6.07, 6.45) is 1.64. The summed E-state index contributed by atoms with van der Waals surface area (Å²) in [5.41, 5.74) is 2.13. The first-order chi connectivity index (χ1) is 9.36. The second-order valence-corrected chi connectivity index (χ2v) is 4.14. The van der Waals surface area contributed by atoms with E-state index in [1.54, 1.807) is 18.3 Å². The van der Waals surface area contributed by atoms with Gasteiger partial charge in [0.05, 0.1) is 11.7 Å². The number of nitrogens with one attached hydrogen (secondary N) is 1. The third-order valence-electron chi connectivity index (χ3n) is 2.86. The van der Waals surface area contributed by atoms with Gasteiger partial charge in [0, 0.05) is 11.5 Å². The van der Waals surface area contributed by atoms with E-state index in [1.807, 2.05) is 30.3 Å². The van der Waals surface area contributed by atoms with E-state index < -0.39 is 0 Å². The number of H-pyrrole nitrogens is 1. The highest BCUT2D eigenvalue weighted by Gasteiger charge is 2.08. The Morgan fingerprint density at radius 1 is 1.21 bits per heavy atom. The minimum absolute atomic E-state index is 0.282. The van der Waals surface area contributed by atoms with E-state index in [0.717, 1.165) is 16.5 Å². The van der Waals surface area contributed by atoms with Crippen LogP contribution >= 0.6 is 0 Å². The molecule has 1 heterocycles. The Morgan fingerprint density at radius 3 is 2.84 bits per heavy atom. The van der Waals surface area contributed by atoms with Crippen LogP contribution in [0.2, 0.25) is 0 Å². The highest BCUT2D eigenvalue weighted by atomic mass is 16.5. The van der Waals surface area contributed by atoms with Gasteiger partial charge in [-0.2, -0.15) is 5.10 Å². The molecule has 2 aromatic carbocycles. The Bertz CT molecular complexity index is 707. The van der Waals surface area contributed by atoms with Crippen molar-refractivity contribution in [2.75, 3.05) is 0 Å². The number of nitrogens with zero attached hydrogens (tertiary/aromatic N) is 2. The Labute approximate surface area is 109 Å². The quantitative estimate of drug-likeness (QED) is 0.723. The predicted molar refractivity (Wildman–Crippen MR) is 72.3 cm³/mol. The molecule has 0 saturated heterocycles. The fourth-order valence-corrected chi connectivity index (χ4v) is 1.88. The van der Waals surface area contributed by atoms with Crippen LogP contribution in [0.3, 0.4) is 0 Å². The molecule has 94 valence electrons. The molecule has 0 bridgehead atoms. The van der Waals surface area contributed by atoms with Gasteiger partial charge in [0.2, 0.25) is 0 Å². The third-order valence-corrected chi connectivity index (χ3v) is 2.86. The summed E-state index contributed by atoms with van der Waals surface area (Å²) in [5, 5.41) is 10.6. The van der Waals surface area contributed by atoms with Crippen molar-refractivity contribution in [2.45, 2.75) is 6.61 Å². The molecule has 0 aliphatic rings. The van der Waals surface area contributed by atoms with Crippen LogP contribution in [0.25, 0.3) is 10.9 Å². The zero-order valence-electron chi connectivity index (χ0n) is 10.0. The van der Waals surface area contributed by atoms with Gasteiger partial charge in [-0.1, -0.05) is 30.3 Å². The first kappa shape index (κ1) is 11.4. The van der Waals surface area contributed by atoms with Crippen molar-refractivity contribution in [3.05, 3.63) is 59.1 Å². The third kappa shape index (κ3) is 2.30. The van der Waals surface area contributed by atoms with Crippen molar-refractivity contribution in [1.82, 2.24) is 10.2 Å². The van der Waals surface area contributed by atoms with Crippen LogP contribution in [0.4, 0.5) is 5.69 Å². The molecule has 0 unspecified atom stereocenters. The molecule has 0 radical (unpaired) electrons. The summed E-state index contributed by atoms with van der Waals surface area (Å²) in [6.45, 7) is 0.392. The van der Waals surface area contributed by atoms with E-state index in [4.69, 9.17) is 4.74 Å². The summed E-state index contributed by atoms with van der Waals surface area (Å²) in [4.78, 5) is 10.8. The average molecular weight is 253 g/mol. The van der Waals surface area contributed by atoms with Crippen molar-refractivity contribution in [3.63, 3.8) is 0 Å². The molecule has 1 N–H and O–H groups in total. The van der Waals surface area contributed by atoms with Gasteiger partial charge in [0.1, 0.15) is 6.61 Å². The molecule has 0 amide bonds. The SMILES string of the molecule is O=Nc1cc2cn[nH]c2cc1OCc1ccccc1. The lowest BCUT2D eigenvalue weighted by molar-refractivity contribution is 0.308. The van der Waals surface area contributed by atoms with E-state index in [-0.39, 0.29) is 5.69 Å². The Hall–Kier alpha value is -2.69. The molecule has 0 aliphatic carbocycles. The van der Waals surface area contributed by atoms with Crippen LogP contribution in [-0.2, 0) is 6.61 Å². The normalized spacial score (nSPS) is 10.5. The molecule has 3 aromatic rings. The van der Waals surface area contributed by atoms with Gasteiger partial charge in [0.15, 0.2) is 11.4 Å². The molecule has 0 spiro atoms. The molecule has 0 saturated carbocycles. The first-order valence-electron chi connectivity index (χ1n) is 5.84. The van der Waals surface area contributed by atoms with E-state index >= 15 is 0 Å². The molecule has 0 fully saturated rings. The van der Waals surface area contributed by atoms with E-state index in [9.17, 15) is 4.91 Å². The minimum Gasteiger partial charge on any atom is -0.486 e. The topological polar surface area (TPSA) is 67.3 Å². The Balaban J connectivity index is 1.89. The number of rotatable bonds is 4. The zero-order valence-corrected chi connectivity index (χ0v) is 10.0. The van der Waals surface area contributed by atoms with Gasteiger partial charge in [0.25, 0.3) is 0 Å². The lowest BCUT2D eigenvalue weighted by Crippen LogP contribution is -1.95. The number of nitroso groups, excluding NO2 is 1. The van der Waals surface area contributed by atoms with Crippen molar-refractivity contribution in [2.24, 2.45) is 5.18 Å². The number of hydrogen-bond donors (Lipinski definition) is 1. The molecule has 0 aliphatic heterocycles. The smallest absolute Gasteiger partial charge is 0.151 e. The van der Waals surface area contributed by atoms with Gasteiger partial charge in [-0.25, -0.2) is 0 Å². The van der Waals surface area contributed by atoms with Crippen molar-refractivity contribution in [3.8, 4) is 5.75 Å². The largest absolute Gasteiger partial charge is 0.486 e. The average Bonchev–Trinajstić information content (AvgIpc) is 2.92. The summed E-state index contributed by atoms with van der Waals surface area (Å²) in [6, 6.07) is 13.1. The number of ether oxygens (including phenoxy) is 1. The standard InChI is InChI=1S/C14H11N3O2/c18-17-13-6-11-8-15-16-12(11)7-14(13)19-9-10-4-2-1-3-5-10/h1-8H,9H2,(H,15,16). The van der Waals surface area contributed by atoms with Crippen LogP contribution in [0.5, 0.6) is 5.75 Å². The summed E-state index contributed by atoms with van der Waals surface area (Å²) < 4.78 is 5.65. The summed E-state index contributed by atoms with van der Waals surface area (Å²) in [5.74, 6) is 0.454. The number of aromatic nitrogens is 2. The van der Waals surface area contributed by atoms with Crippen LogP contribution in [-0.4, -0.2) is 10.2 Å². The van der Waals surface area contributed by atoms with Crippen LogP contribution in [0.1, 0.15) is 5.56 Å². The molecular weight excluding hydrogens is 242 g/mol. The fraction of sp³-hybridized carbons (Fsp3) is 0.0714. The van der Waals surface area contributed by atoms with Crippen molar-refractivity contribution < 1.29 is 4.74 Å². The lowest BCUT2D eigenvalue weighted by atomic mass is 10.2. The molecule has 1 aromatic heterocycles. The molecule has 5 nitrogen and oxygen atoms in total. The molecule has 5 heteroatoms. The fourth-order valence-electron chi connectivity index (χ4n) is 1.88. The van der Waals surface area contributed by atoms with E-state index in [0.29, 0.717) is 12.4 Å². The molecule has 3 rings (SSSR count). The summed E-state index contributed by atoms with van der Waals surface area (Å²) in [7, 11) is 0. The van der Waals surface area contributed by atoms with E-state index in [1.165, 1.54) is 0 Å². The van der Waals surface area contributed by atoms with Gasteiger partial charge >= 0.3 is 0 Å². The number of benzene rings is 2. The maximum Gasteiger partial charge on any atom is 0.151 e. The molecular formula is C14H11N3O2. The van der Waals surface area contributed by atoms with Gasteiger partial charge in [-0.15, -0.1) is 4.91 Å². The molecule has 19 heavy (non-hydrogen) atoms. The predicted octanol–water partition coefficient (Wildman–Crippen LogP) is 3.54. The van der Waals surface area contributed by atoms with Crippen LogP contribution in [0.15, 0.2) is 53.8 Å². The second-order valence-electron chi connectivity index (χ2n) is 4.14. The number of fused-ring (bicyclic) bond motifs is 1. The highest BCUT2D eigenvalue weighted by molar-refractivity contribution is 5.84. The summed E-state index contributed by atoms with van der Waals surface area (Å²) >= 11 is 0. The van der Waals surface area contributed by atoms with Crippen LogP contribution < -0.4 is 4.74 Å². The van der Waals surface area contributed by atoms with Gasteiger partial charge in [-0.3, -0.25) is 5.10 Å². The first-order valence-corrected chi connectivity index (χ1v) is 5.84. The Morgan fingerprint density at radius 2 is 2.05 bits per heavy atom. The van der Waals surface area contributed by atoms with E-state index in [2.05, 4.69) is 15.4 Å². The van der Waals surface area contributed by atoms with Crippen molar-refractivity contribution >= 4 is 16.6 Å². The van der Waals surface area contributed by atoms with Crippen LogP contribution in [0, 0.1) is 4.91 Å². The minimum atomic E-state index is 0.282. The van der Waals surface area contributed by atoms with Gasteiger partial charge in [-0.05, 0) is 16.8 Å². The maximum atomic E-state index is 10.8. The highest BCUT2D eigenvalue weighted by Crippen LogP contribution is 2.32. The lowest BCUT2D eigenvalue weighted by Gasteiger charge is -2.07. The van der Waals surface area contributed by atoms with Crippen molar-refractivity contribution in [1.29, 1.82) is 0 Å². The number of aromatic amines is 1. The zero-order chi connectivity index (χ0) is 13.1. The van der Waals surface area contributed by atoms with Gasteiger partial charge < -0.3 is 4.74 Å². The molecule has 0 atom stereocenters. The monoisotopic (exact) mass is 253 g/mol.